The molecule has 0 bridgehead atoms. The highest BCUT2D eigenvalue weighted by atomic mass is 35.5. The van der Waals surface area contributed by atoms with E-state index >= 15 is 0 Å². The number of aromatic nitrogens is 1. The van der Waals surface area contributed by atoms with Crippen LogP contribution in [-0.4, -0.2) is 11.5 Å². The summed E-state index contributed by atoms with van der Waals surface area (Å²) in [4.78, 5) is 4.52. The molecule has 3 aromatic rings. The Balaban J connectivity index is 1.69. The van der Waals surface area contributed by atoms with Crippen molar-refractivity contribution in [3.8, 4) is 11.1 Å². The molecule has 0 amide bonds. The van der Waals surface area contributed by atoms with Crippen molar-refractivity contribution in [2.75, 3.05) is 11.9 Å². The second-order valence-electron chi connectivity index (χ2n) is 6.39. The number of rotatable bonds is 6. The van der Waals surface area contributed by atoms with Crippen molar-refractivity contribution in [2.45, 2.75) is 26.7 Å². The summed E-state index contributed by atoms with van der Waals surface area (Å²) in [6.45, 7) is 4.81. The molecular formula is C22H22Cl2N2. The molecule has 0 spiro atoms. The average molecular weight is 385 g/mol. The Labute approximate surface area is 165 Å². The van der Waals surface area contributed by atoms with Crippen molar-refractivity contribution in [1.82, 2.24) is 4.98 Å². The zero-order valence-electron chi connectivity index (χ0n) is 15.0. The fourth-order valence-electron chi connectivity index (χ4n) is 3.03. The molecule has 0 aliphatic rings. The number of nitrogens with one attached hydrogen (secondary N) is 1. The molecule has 1 aromatic heterocycles. The van der Waals surface area contributed by atoms with Gasteiger partial charge in [0.1, 0.15) is 0 Å². The summed E-state index contributed by atoms with van der Waals surface area (Å²) in [5.74, 6) is 0. The SMILES string of the molecule is Cc1ccc(-c2ccc(NCCCc3ccccc3)c(Cl)c2Cl)c(C)n1. The van der Waals surface area contributed by atoms with Crippen LogP contribution in [0.1, 0.15) is 23.4 Å². The number of pyridine rings is 1. The van der Waals surface area contributed by atoms with Crippen molar-refractivity contribution in [3.63, 3.8) is 0 Å². The summed E-state index contributed by atoms with van der Waals surface area (Å²) < 4.78 is 0. The van der Waals surface area contributed by atoms with Crippen molar-refractivity contribution in [2.24, 2.45) is 0 Å². The van der Waals surface area contributed by atoms with Crippen LogP contribution in [0, 0.1) is 13.8 Å². The molecule has 0 saturated carbocycles. The summed E-state index contributed by atoms with van der Waals surface area (Å²) in [5.41, 5.74) is 6.08. The third kappa shape index (κ3) is 4.38. The maximum absolute atomic E-state index is 6.55. The quantitative estimate of drug-likeness (QED) is 0.477. The summed E-state index contributed by atoms with van der Waals surface area (Å²) in [6, 6.07) is 18.5. The Morgan fingerprint density at radius 2 is 1.58 bits per heavy atom. The molecule has 26 heavy (non-hydrogen) atoms. The molecule has 0 saturated heterocycles. The van der Waals surface area contributed by atoms with Crippen molar-refractivity contribution in [1.29, 1.82) is 0 Å². The highest BCUT2D eigenvalue weighted by molar-refractivity contribution is 6.45. The van der Waals surface area contributed by atoms with Gasteiger partial charge in [0, 0.05) is 29.1 Å². The lowest BCUT2D eigenvalue weighted by Crippen LogP contribution is -2.04. The van der Waals surface area contributed by atoms with E-state index < -0.39 is 0 Å². The molecule has 1 N–H and O–H groups in total. The summed E-state index contributed by atoms with van der Waals surface area (Å²) >= 11 is 13.1. The van der Waals surface area contributed by atoms with Crippen LogP contribution in [0.2, 0.25) is 10.0 Å². The smallest absolute Gasteiger partial charge is 0.0829 e. The van der Waals surface area contributed by atoms with Gasteiger partial charge >= 0.3 is 0 Å². The van der Waals surface area contributed by atoms with Gasteiger partial charge in [0.15, 0.2) is 0 Å². The second kappa shape index (κ2) is 8.57. The van der Waals surface area contributed by atoms with Gasteiger partial charge < -0.3 is 5.32 Å². The first-order chi connectivity index (χ1) is 12.6. The van der Waals surface area contributed by atoms with E-state index in [2.05, 4.69) is 34.6 Å². The molecule has 0 unspecified atom stereocenters. The maximum atomic E-state index is 6.55. The van der Waals surface area contributed by atoms with E-state index in [9.17, 15) is 0 Å². The molecule has 2 aromatic carbocycles. The van der Waals surface area contributed by atoms with Gasteiger partial charge in [-0.3, -0.25) is 4.98 Å². The first-order valence-electron chi connectivity index (χ1n) is 8.76. The van der Waals surface area contributed by atoms with Crippen LogP contribution in [0.25, 0.3) is 11.1 Å². The zero-order valence-corrected chi connectivity index (χ0v) is 16.5. The zero-order chi connectivity index (χ0) is 18.5. The monoisotopic (exact) mass is 384 g/mol. The van der Waals surface area contributed by atoms with Gasteiger partial charge in [-0.25, -0.2) is 0 Å². The summed E-state index contributed by atoms with van der Waals surface area (Å²) in [6.07, 6.45) is 2.06. The van der Waals surface area contributed by atoms with E-state index in [1.165, 1.54) is 5.56 Å². The van der Waals surface area contributed by atoms with E-state index in [4.69, 9.17) is 23.2 Å². The molecule has 1 heterocycles. The molecule has 3 rings (SSSR count). The number of halogens is 2. The Hall–Kier alpha value is -2.03. The lowest BCUT2D eigenvalue weighted by Gasteiger charge is -2.14. The van der Waals surface area contributed by atoms with Crippen LogP contribution in [0.4, 0.5) is 5.69 Å². The van der Waals surface area contributed by atoms with E-state index in [-0.39, 0.29) is 0 Å². The topological polar surface area (TPSA) is 24.9 Å². The number of anilines is 1. The Bertz CT molecular complexity index is 892. The van der Waals surface area contributed by atoms with Crippen LogP contribution in [-0.2, 0) is 6.42 Å². The van der Waals surface area contributed by atoms with Crippen LogP contribution in [0.5, 0.6) is 0 Å². The Morgan fingerprint density at radius 3 is 2.31 bits per heavy atom. The second-order valence-corrected chi connectivity index (χ2v) is 7.15. The average Bonchev–Trinajstić information content (AvgIpc) is 2.64. The van der Waals surface area contributed by atoms with Gasteiger partial charge in [-0.1, -0.05) is 65.7 Å². The van der Waals surface area contributed by atoms with Gasteiger partial charge in [0.05, 0.1) is 15.7 Å². The number of benzene rings is 2. The number of hydrogen-bond donors (Lipinski definition) is 1. The van der Waals surface area contributed by atoms with Crippen molar-refractivity contribution in [3.05, 3.63) is 81.6 Å². The number of hydrogen-bond acceptors (Lipinski definition) is 2. The molecule has 134 valence electrons. The third-order valence-electron chi connectivity index (χ3n) is 4.40. The predicted octanol–water partition coefficient (Wildman–Crippen LogP) is 6.72. The highest BCUT2D eigenvalue weighted by Crippen LogP contribution is 2.39. The van der Waals surface area contributed by atoms with Gasteiger partial charge in [-0.05, 0) is 44.4 Å². The minimum Gasteiger partial charge on any atom is -0.384 e. The van der Waals surface area contributed by atoms with E-state index in [0.717, 1.165) is 47.6 Å². The largest absolute Gasteiger partial charge is 0.384 e. The molecule has 4 heteroatoms. The Morgan fingerprint density at radius 1 is 0.846 bits per heavy atom. The first kappa shape index (κ1) is 18.8. The molecule has 0 radical (unpaired) electrons. The van der Waals surface area contributed by atoms with Gasteiger partial charge in [0.2, 0.25) is 0 Å². The van der Waals surface area contributed by atoms with E-state index in [0.29, 0.717) is 10.0 Å². The van der Waals surface area contributed by atoms with E-state index in [1.807, 2.05) is 44.2 Å². The lowest BCUT2D eigenvalue weighted by atomic mass is 10.0. The van der Waals surface area contributed by atoms with Crippen molar-refractivity contribution < 1.29 is 0 Å². The van der Waals surface area contributed by atoms with Crippen LogP contribution in [0.3, 0.4) is 0 Å². The first-order valence-corrected chi connectivity index (χ1v) is 9.52. The maximum Gasteiger partial charge on any atom is 0.0829 e. The fourth-order valence-corrected chi connectivity index (χ4v) is 3.52. The summed E-state index contributed by atoms with van der Waals surface area (Å²) in [5, 5.41) is 4.52. The summed E-state index contributed by atoms with van der Waals surface area (Å²) in [7, 11) is 0. The minimum absolute atomic E-state index is 0.559. The number of nitrogens with zero attached hydrogens (tertiary/aromatic N) is 1. The van der Waals surface area contributed by atoms with Gasteiger partial charge in [0.25, 0.3) is 0 Å². The lowest BCUT2D eigenvalue weighted by molar-refractivity contribution is 0.863. The highest BCUT2D eigenvalue weighted by Gasteiger charge is 2.13. The molecule has 2 nitrogen and oxygen atoms in total. The molecule has 0 aliphatic heterocycles. The van der Waals surface area contributed by atoms with Crippen LogP contribution < -0.4 is 5.32 Å². The van der Waals surface area contributed by atoms with Crippen LogP contribution in [0.15, 0.2) is 54.6 Å². The molecular weight excluding hydrogens is 363 g/mol. The van der Waals surface area contributed by atoms with Crippen LogP contribution >= 0.6 is 23.2 Å². The van der Waals surface area contributed by atoms with Crippen molar-refractivity contribution >= 4 is 28.9 Å². The molecule has 0 atom stereocenters. The minimum atomic E-state index is 0.559. The van der Waals surface area contributed by atoms with Gasteiger partial charge in [-0.15, -0.1) is 0 Å². The Kier molecular flexibility index (Phi) is 6.18. The van der Waals surface area contributed by atoms with E-state index in [1.54, 1.807) is 0 Å². The number of aryl methyl sites for hydroxylation is 3. The standard InChI is InChI=1S/C22H22Cl2N2/c1-15-10-11-18(16(2)26-15)19-12-13-20(22(24)21(19)23)25-14-6-9-17-7-4-3-5-8-17/h3-5,7-8,10-13,25H,6,9,14H2,1-2H3. The predicted molar refractivity (Wildman–Crippen MR) is 112 cm³/mol. The fraction of sp³-hybridized carbons (Fsp3) is 0.227. The third-order valence-corrected chi connectivity index (χ3v) is 5.28. The molecule has 0 fully saturated rings. The molecule has 0 aliphatic carbocycles. The normalized spacial score (nSPS) is 10.8. The van der Waals surface area contributed by atoms with Gasteiger partial charge in [-0.2, -0.15) is 0 Å².